The minimum Gasteiger partial charge on any atom is -0.347 e. The molecular formula is C26H29N3O3S2. The van der Waals surface area contributed by atoms with Gasteiger partial charge in [-0.25, -0.2) is 0 Å². The van der Waals surface area contributed by atoms with Crippen LogP contribution in [0.25, 0.3) is 0 Å². The lowest BCUT2D eigenvalue weighted by molar-refractivity contribution is -0.122. The summed E-state index contributed by atoms with van der Waals surface area (Å²) >= 11 is 1.09. The Morgan fingerprint density at radius 3 is 2.32 bits per heavy atom. The number of hydrogen-bond acceptors (Lipinski definition) is 5. The molecule has 2 aliphatic heterocycles. The predicted octanol–water partition coefficient (Wildman–Crippen LogP) is 5.08. The van der Waals surface area contributed by atoms with Crippen molar-refractivity contribution >= 4 is 38.5 Å². The molecule has 1 fully saturated rings. The van der Waals surface area contributed by atoms with Crippen molar-refractivity contribution in [2.24, 2.45) is 4.40 Å². The Kier molecular flexibility index (Phi) is 6.48. The molecule has 1 saturated heterocycles. The number of amides is 1. The smallest absolute Gasteiger partial charge is 0.284 e. The van der Waals surface area contributed by atoms with Crippen molar-refractivity contribution in [2.75, 3.05) is 18.5 Å². The van der Waals surface area contributed by atoms with E-state index in [9.17, 15) is 13.2 Å². The number of rotatable bonds is 5. The molecule has 0 saturated carbocycles. The number of thioether (sulfide) groups is 1. The van der Waals surface area contributed by atoms with Crippen LogP contribution in [0, 0.1) is 0 Å². The SMILES string of the molecule is CCc1ccc(S(=O)(=O)/N=C2\S/C(=C\C=C3\N(C)c4ccccc4C3(C)C)C(=O)N2CC)cc1. The summed E-state index contributed by atoms with van der Waals surface area (Å²) < 4.78 is 29.8. The van der Waals surface area contributed by atoms with Gasteiger partial charge in [0.25, 0.3) is 15.9 Å². The van der Waals surface area contributed by atoms with Gasteiger partial charge in [-0.2, -0.15) is 8.42 Å². The third-order valence-corrected chi connectivity index (χ3v) is 8.79. The summed E-state index contributed by atoms with van der Waals surface area (Å²) in [6.45, 7) is 8.47. The highest BCUT2D eigenvalue weighted by molar-refractivity contribution is 8.19. The molecule has 0 atom stereocenters. The Morgan fingerprint density at radius 2 is 1.71 bits per heavy atom. The van der Waals surface area contributed by atoms with E-state index in [4.69, 9.17) is 0 Å². The van der Waals surface area contributed by atoms with Crippen LogP contribution < -0.4 is 4.90 Å². The van der Waals surface area contributed by atoms with E-state index < -0.39 is 10.0 Å². The number of likely N-dealkylation sites (N-methyl/N-ethyl adjacent to an activating group) is 2. The normalized spacial score (nSPS) is 21.2. The maximum absolute atomic E-state index is 13.0. The van der Waals surface area contributed by atoms with Gasteiger partial charge in [-0.3, -0.25) is 9.69 Å². The van der Waals surface area contributed by atoms with Crippen molar-refractivity contribution in [3.8, 4) is 0 Å². The first-order valence-corrected chi connectivity index (χ1v) is 13.5. The number of anilines is 1. The number of allylic oxidation sites excluding steroid dienone is 3. The van der Waals surface area contributed by atoms with Crippen molar-refractivity contribution in [3.05, 3.63) is 82.4 Å². The number of para-hydroxylation sites is 1. The zero-order chi connectivity index (χ0) is 24.7. The highest BCUT2D eigenvalue weighted by Crippen LogP contribution is 2.46. The van der Waals surface area contributed by atoms with E-state index in [2.05, 4.69) is 35.3 Å². The fourth-order valence-corrected chi connectivity index (χ4v) is 6.56. The molecule has 0 N–H and O–H groups in total. The molecule has 4 rings (SSSR count). The Labute approximate surface area is 206 Å². The highest BCUT2D eigenvalue weighted by Gasteiger charge is 2.38. The average molecular weight is 496 g/mol. The number of amidine groups is 1. The van der Waals surface area contributed by atoms with E-state index in [0.717, 1.165) is 35.1 Å². The molecule has 34 heavy (non-hydrogen) atoms. The van der Waals surface area contributed by atoms with E-state index in [-0.39, 0.29) is 21.4 Å². The molecule has 2 aromatic rings. The second-order valence-corrected chi connectivity index (χ2v) is 11.4. The lowest BCUT2D eigenvalue weighted by atomic mass is 9.84. The van der Waals surface area contributed by atoms with E-state index in [1.807, 2.05) is 39.1 Å². The number of benzene rings is 2. The number of hydrogen-bond donors (Lipinski definition) is 0. The van der Waals surface area contributed by atoms with Crippen LogP contribution in [0.1, 0.15) is 38.8 Å². The van der Waals surface area contributed by atoms with Gasteiger partial charge in [0.1, 0.15) is 0 Å². The Morgan fingerprint density at radius 1 is 1.03 bits per heavy atom. The summed E-state index contributed by atoms with van der Waals surface area (Å²) in [5.74, 6) is -0.240. The number of aryl methyl sites for hydroxylation is 1. The monoisotopic (exact) mass is 495 g/mol. The maximum atomic E-state index is 13.0. The fourth-order valence-electron chi connectivity index (χ4n) is 4.38. The van der Waals surface area contributed by atoms with Gasteiger partial charge in [0.05, 0.1) is 9.80 Å². The lowest BCUT2D eigenvalue weighted by Gasteiger charge is -2.23. The van der Waals surface area contributed by atoms with Gasteiger partial charge >= 0.3 is 0 Å². The van der Waals surface area contributed by atoms with Crippen molar-refractivity contribution in [3.63, 3.8) is 0 Å². The van der Waals surface area contributed by atoms with Crippen molar-refractivity contribution in [1.82, 2.24) is 4.90 Å². The molecule has 0 unspecified atom stereocenters. The summed E-state index contributed by atoms with van der Waals surface area (Å²) in [4.78, 5) is 17.1. The van der Waals surface area contributed by atoms with Gasteiger partial charge in [0, 0.05) is 30.4 Å². The molecular weight excluding hydrogens is 466 g/mol. The summed E-state index contributed by atoms with van der Waals surface area (Å²) in [7, 11) is -1.91. The third kappa shape index (κ3) is 4.20. The van der Waals surface area contributed by atoms with Gasteiger partial charge in [0.15, 0.2) is 5.17 Å². The first-order valence-electron chi connectivity index (χ1n) is 11.3. The minimum absolute atomic E-state index is 0.118. The van der Waals surface area contributed by atoms with E-state index in [0.29, 0.717) is 11.4 Å². The minimum atomic E-state index is -3.93. The van der Waals surface area contributed by atoms with Crippen molar-refractivity contribution < 1.29 is 13.2 Å². The summed E-state index contributed by atoms with van der Waals surface area (Å²) in [6.07, 6.45) is 4.55. The zero-order valence-electron chi connectivity index (χ0n) is 20.1. The summed E-state index contributed by atoms with van der Waals surface area (Å²) in [5, 5.41) is 0.180. The third-order valence-electron chi connectivity index (χ3n) is 6.37. The molecule has 1 amide bonds. The number of nitrogens with zero attached hydrogens (tertiary/aromatic N) is 3. The van der Waals surface area contributed by atoms with E-state index >= 15 is 0 Å². The van der Waals surface area contributed by atoms with E-state index in [1.54, 1.807) is 30.3 Å². The van der Waals surface area contributed by atoms with Crippen LogP contribution in [-0.4, -0.2) is 38.0 Å². The van der Waals surface area contributed by atoms with E-state index in [1.165, 1.54) is 10.5 Å². The van der Waals surface area contributed by atoms with Crippen molar-refractivity contribution in [2.45, 2.75) is 44.4 Å². The predicted molar refractivity (Wildman–Crippen MR) is 139 cm³/mol. The highest BCUT2D eigenvalue weighted by atomic mass is 32.2. The molecule has 0 bridgehead atoms. The van der Waals surface area contributed by atoms with Crippen LogP contribution in [0.15, 0.2) is 80.6 Å². The second-order valence-electron chi connectivity index (χ2n) is 8.78. The largest absolute Gasteiger partial charge is 0.347 e. The van der Waals surface area contributed by atoms with Gasteiger partial charge in [0.2, 0.25) is 0 Å². The molecule has 0 aromatic heterocycles. The molecule has 2 heterocycles. The number of sulfonamides is 1. The van der Waals surface area contributed by atoms with Crippen LogP contribution in [-0.2, 0) is 26.7 Å². The van der Waals surface area contributed by atoms with Crippen LogP contribution >= 0.6 is 11.8 Å². The van der Waals surface area contributed by atoms with Gasteiger partial charge in [-0.05, 0) is 66.6 Å². The Bertz CT molecular complexity index is 1320. The molecule has 0 spiro atoms. The lowest BCUT2D eigenvalue weighted by Crippen LogP contribution is -2.29. The van der Waals surface area contributed by atoms with Crippen molar-refractivity contribution in [1.29, 1.82) is 0 Å². The number of carbonyl (C=O) groups is 1. The Hall–Kier alpha value is -2.84. The summed E-state index contributed by atoms with van der Waals surface area (Å²) in [6, 6.07) is 14.9. The second kappa shape index (κ2) is 9.07. The van der Waals surface area contributed by atoms with Gasteiger partial charge in [-0.15, -0.1) is 4.40 Å². The quantitative estimate of drug-likeness (QED) is 0.541. The first kappa shape index (κ1) is 24.3. The number of fused-ring (bicyclic) bond motifs is 1. The molecule has 8 heteroatoms. The number of carbonyl (C=O) groups excluding carboxylic acids is 1. The summed E-state index contributed by atoms with van der Waals surface area (Å²) in [5.41, 5.74) is 4.26. The maximum Gasteiger partial charge on any atom is 0.284 e. The first-order chi connectivity index (χ1) is 16.1. The van der Waals surface area contributed by atoms with Gasteiger partial charge in [-0.1, -0.05) is 51.1 Å². The van der Waals surface area contributed by atoms with Gasteiger partial charge < -0.3 is 4.90 Å². The topological polar surface area (TPSA) is 70.0 Å². The molecule has 0 aliphatic carbocycles. The average Bonchev–Trinajstić information content (AvgIpc) is 3.21. The molecule has 2 aromatic carbocycles. The molecule has 0 radical (unpaired) electrons. The standard InChI is InChI=1S/C26H29N3O3S2/c1-6-18-12-14-19(15-13-18)34(31,32)27-25-29(7-2)24(30)22(33-25)16-17-23-26(3,4)20-10-8-9-11-21(20)28(23)5/h8-17H,6-7H2,1-5H3/b22-16-,23-17+,27-25-. The van der Waals surface area contributed by atoms with Crippen LogP contribution in [0.4, 0.5) is 5.69 Å². The fraction of sp³-hybridized carbons (Fsp3) is 0.308. The molecule has 178 valence electrons. The molecule has 6 nitrogen and oxygen atoms in total. The van der Waals surface area contributed by atoms with Crippen LogP contribution in [0.5, 0.6) is 0 Å². The van der Waals surface area contributed by atoms with Crippen LogP contribution in [0.3, 0.4) is 0 Å². The molecule has 2 aliphatic rings. The zero-order valence-corrected chi connectivity index (χ0v) is 21.7. The van der Waals surface area contributed by atoms with Crippen LogP contribution in [0.2, 0.25) is 0 Å². The Balaban J connectivity index is 1.66.